The maximum absolute atomic E-state index is 9.79. The van der Waals surface area contributed by atoms with E-state index in [1.807, 2.05) is 12.1 Å². The van der Waals surface area contributed by atoms with Gasteiger partial charge in [-0.25, -0.2) is 4.98 Å². The van der Waals surface area contributed by atoms with Gasteiger partial charge in [-0.15, -0.1) is 0 Å². The van der Waals surface area contributed by atoms with Crippen LogP contribution in [0.15, 0.2) is 18.3 Å². The first kappa shape index (κ1) is 13.3. The molecule has 2 unspecified atom stereocenters. The largest absolute Gasteiger partial charge is 0.389 e. The van der Waals surface area contributed by atoms with Gasteiger partial charge in [-0.2, -0.15) is 0 Å². The van der Waals surface area contributed by atoms with Crippen LogP contribution in [0.1, 0.15) is 31.4 Å². The highest BCUT2D eigenvalue weighted by atomic mass is 16.3. The Hall–Kier alpha value is -1.13. The van der Waals surface area contributed by atoms with Crippen LogP contribution in [-0.2, 0) is 0 Å². The molecule has 1 aromatic rings. The molecule has 0 aromatic carbocycles. The highest BCUT2D eigenvalue weighted by Crippen LogP contribution is 2.24. The lowest BCUT2D eigenvalue weighted by Gasteiger charge is -2.28. The van der Waals surface area contributed by atoms with E-state index in [9.17, 15) is 5.11 Å². The summed E-state index contributed by atoms with van der Waals surface area (Å²) in [5.41, 5.74) is 0.903. The maximum Gasteiger partial charge on any atom is 0.134 e. The van der Waals surface area contributed by atoms with Crippen LogP contribution < -0.4 is 4.90 Å². The van der Waals surface area contributed by atoms with Crippen molar-refractivity contribution in [2.45, 2.75) is 31.9 Å². The zero-order valence-electron chi connectivity index (χ0n) is 11.5. The van der Waals surface area contributed by atoms with Gasteiger partial charge in [-0.1, -0.05) is 6.07 Å². The number of aromatic nitrogens is 1. The Morgan fingerprint density at radius 3 is 3.00 bits per heavy atom. The molecule has 1 aromatic heterocycles. The molecule has 2 heterocycles. The number of pyridine rings is 1. The van der Waals surface area contributed by atoms with Crippen molar-refractivity contribution in [2.75, 3.05) is 32.1 Å². The van der Waals surface area contributed by atoms with Crippen LogP contribution in [0.3, 0.4) is 0 Å². The van der Waals surface area contributed by atoms with Gasteiger partial charge in [-0.05, 0) is 39.4 Å². The highest BCUT2D eigenvalue weighted by Gasteiger charge is 2.23. The average molecular weight is 249 g/mol. The summed E-state index contributed by atoms with van der Waals surface area (Å²) in [5, 5.41) is 9.79. The number of anilines is 1. The Morgan fingerprint density at radius 2 is 2.39 bits per heavy atom. The third-order valence-corrected chi connectivity index (χ3v) is 3.78. The van der Waals surface area contributed by atoms with Crippen molar-refractivity contribution in [2.24, 2.45) is 0 Å². The van der Waals surface area contributed by atoms with Gasteiger partial charge in [0.15, 0.2) is 0 Å². The Kier molecular flexibility index (Phi) is 4.19. The molecular weight excluding hydrogens is 226 g/mol. The van der Waals surface area contributed by atoms with Crippen LogP contribution in [-0.4, -0.2) is 48.2 Å². The second-order valence-electron chi connectivity index (χ2n) is 5.25. The number of likely N-dealkylation sites (N-methyl/N-ethyl adjacent to an activating group) is 2. The molecule has 100 valence electrons. The first-order valence-electron chi connectivity index (χ1n) is 6.64. The molecule has 1 aliphatic heterocycles. The van der Waals surface area contributed by atoms with E-state index in [4.69, 9.17) is 0 Å². The van der Waals surface area contributed by atoms with Gasteiger partial charge in [0.05, 0.1) is 6.10 Å². The van der Waals surface area contributed by atoms with E-state index in [1.54, 1.807) is 13.1 Å². The van der Waals surface area contributed by atoms with E-state index in [-0.39, 0.29) is 0 Å². The number of aliphatic hydroxyl groups excluding tert-OH is 1. The van der Waals surface area contributed by atoms with Gasteiger partial charge >= 0.3 is 0 Å². The summed E-state index contributed by atoms with van der Waals surface area (Å²) in [6.45, 7) is 3.94. The number of nitrogens with zero attached hydrogens (tertiary/aromatic N) is 3. The summed E-state index contributed by atoms with van der Waals surface area (Å²) in [6, 6.07) is 4.42. The molecule has 0 spiro atoms. The predicted molar refractivity (Wildman–Crippen MR) is 73.8 cm³/mol. The monoisotopic (exact) mass is 249 g/mol. The van der Waals surface area contributed by atoms with Gasteiger partial charge < -0.3 is 14.9 Å². The molecule has 0 radical (unpaired) electrons. The van der Waals surface area contributed by atoms with Crippen LogP contribution in [0.25, 0.3) is 0 Å². The SMILES string of the molecule is CC(O)c1cccnc1N(C)CC1CCCN1C. The quantitative estimate of drug-likeness (QED) is 0.881. The molecule has 18 heavy (non-hydrogen) atoms. The zero-order chi connectivity index (χ0) is 13.1. The Bertz CT molecular complexity index is 394. The summed E-state index contributed by atoms with van der Waals surface area (Å²) >= 11 is 0. The summed E-state index contributed by atoms with van der Waals surface area (Å²) in [5.74, 6) is 0.896. The van der Waals surface area contributed by atoms with Crippen LogP contribution in [0.4, 0.5) is 5.82 Å². The third-order valence-electron chi connectivity index (χ3n) is 3.78. The van der Waals surface area contributed by atoms with Gasteiger partial charge in [0.25, 0.3) is 0 Å². The van der Waals surface area contributed by atoms with E-state index in [2.05, 4.69) is 28.9 Å². The van der Waals surface area contributed by atoms with Crippen LogP contribution in [0.2, 0.25) is 0 Å². The molecule has 0 aliphatic carbocycles. The number of rotatable bonds is 4. The topological polar surface area (TPSA) is 39.6 Å². The second-order valence-corrected chi connectivity index (χ2v) is 5.25. The van der Waals surface area contributed by atoms with Crippen LogP contribution >= 0.6 is 0 Å². The molecule has 1 fully saturated rings. The van der Waals surface area contributed by atoms with E-state index < -0.39 is 6.10 Å². The fraction of sp³-hybridized carbons (Fsp3) is 0.643. The minimum absolute atomic E-state index is 0.475. The van der Waals surface area contributed by atoms with Crippen LogP contribution in [0.5, 0.6) is 0 Å². The molecule has 1 N–H and O–H groups in total. The fourth-order valence-electron chi connectivity index (χ4n) is 2.67. The summed E-state index contributed by atoms with van der Waals surface area (Å²) in [6.07, 6.45) is 3.84. The summed E-state index contributed by atoms with van der Waals surface area (Å²) in [7, 11) is 4.24. The average Bonchev–Trinajstić information content (AvgIpc) is 2.75. The van der Waals surface area contributed by atoms with Crippen molar-refractivity contribution in [3.63, 3.8) is 0 Å². The molecule has 2 rings (SSSR count). The van der Waals surface area contributed by atoms with Crippen molar-refractivity contribution in [1.82, 2.24) is 9.88 Å². The van der Waals surface area contributed by atoms with Gasteiger partial charge in [0.1, 0.15) is 5.82 Å². The number of likely N-dealkylation sites (tertiary alicyclic amines) is 1. The lowest BCUT2D eigenvalue weighted by molar-refractivity contribution is 0.199. The maximum atomic E-state index is 9.79. The fourth-order valence-corrected chi connectivity index (χ4v) is 2.67. The minimum atomic E-state index is -0.475. The molecule has 1 aliphatic rings. The smallest absolute Gasteiger partial charge is 0.134 e. The van der Waals surface area contributed by atoms with Gasteiger partial charge in [-0.3, -0.25) is 0 Å². The van der Waals surface area contributed by atoms with E-state index in [1.165, 1.54) is 19.4 Å². The molecule has 4 nitrogen and oxygen atoms in total. The lowest BCUT2D eigenvalue weighted by Crippen LogP contribution is -2.37. The Labute approximate surface area is 109 Å². The first-order valence-corrected chi connectivity index (χ1v) is 6.64. The van der Waals surface area contributed by atoms with Crippen molar-refractivity contribution in [3.05, 3.63) is 23.9 Å². The molecule has 0 amide bonds. The standard InChI is InChI=1S/C14H23N3O/c1-11(18)13-7-4-8-15-14(13)17(3)10-12-6-5-9-16(12)2/h4,7-8,11-12,18H,5-6,9-10H2,1-3H3. The second kappa shape index (κ2) is 5.67. The van der Waals surface area contributed by atoms with Crippen molar-refractivity contribution in [1.29, 1.82) is 0 Å². The molecule has 4 heteroatoms. The number of hydrogen-bond acceptors (Lipinski definition) is 4. The van der Waals surface area contributed by atoms with E-state index in [0.717, 1.165) is 17.9 Å². The Balaban J connectivity index is 2.10. The van der Waals surface area contributed by atoms with Gasteiger partial charge in [0.2, 0.25) is 0 Å². The lowest BCUT2D eigenvalue weighted by atomic mass is 10.1. The van der Waals surface area contributed by atoms with Gasteiger partial charge in [0, 0.05) is 31.4 Å². The number of aliphatic hydroxyl groups is 1. The van der Waals surface area contributed by atoms with E-state index in [0.29, 0.717) is 6.04 Å². The zero-order valence-corrected chi connectivity index (χ0v) is 11.5. The molecule has 2 atom stereocenters. The molecular formula is C14H23N3O. The normalized spacial score (nSPS) is 22.1. The first-order chi connectivity index (χ1) is 8.59. The molecule has 0 bridgehead atoms. The van der Waals surface area contributed by atoms with Crippen molar-refractivity contribution >= 4 is 5.82 Å². The summed E-state index contributed by atoms with van der Waals surface area (Å²) in [4.78, 5) is 8.98. The van der Waals surface area contributed by atoms with Crippen molar-refractivity contribution < 1.29 is 5.11 Å². The molecule has 1 saturated heterocycles. The van der Waals surface area contributed by atoms with Crippen LogP contribution in [0, 0.1) is 0 Å². The Morgan fingerprint density at radius 1 is 1.61 bits per heavy atom. The van der Waals surface area contributed by atoms with Crippen molar-refractivity contribution in [3.8, 4) is 0 Å². The third kappa shape index (κ3) is 2.82. The predicted octanol–water partition coefficient (Wildman–Crippen LogP) is 1.67. The number of hydrogen-bond donors (Lipinski definition) is 1. The summed E-state index contributed by atoms with van der Waals surface area (Å²) < 4.78 is 0. The molecule has 0 saturated carbocycles. The minimum Gasteiger partial charge on any atom is -0.389 e. The highest BCUT2D eigenvalue weighted by molar-refractivity contribution is 5.47. The van der Waals surface area contributed by atoms with E-state index >= 15 is 0 Å².